The van der Waals surface area contributed by atoms with Crippen LogP contribution in [0, 0.1) is 5.92 Å². The van der Waals surface area contributed by atoms with Crippen molar-refractivity contribution in [1.82, 2.24) is 14.7 Å². The highest BCUT2D eigenvalue weighted by Crippen LogP contribution is 2.42. The SMILES string of the molecule is COc1ccccc1[C@@H]1SCC(=O)N1CCN1CCN(C(=O)C2CC2)CC1. The van der Waals surface area contributed by atoms with Gasteiger partial charge < -0.3 is 14.5 Å². The number of carbonyl (C=O) groups excluding carboxylic acids is 2. The van der Waals surface area contributed by atoms with Crippen LogP contribution in [0.15, 0.2) is 24.3 Å². The van der Waals surface area contributed by atoms with E-state index in [1.165, 1.54) is 0 Å². The molecule has 7 heteroatoms. The van der Waals surface area contributed by atoms with Crippen LogP contribution in [-0.2, 0) is 9.59 Å². The molecule has 0 radical (unpaired) electrons. The Hall–Kier alpha value is -1.73. The number of hydrogen-bond donors (Lipinski definition) is 0. The molecule has 2 aliphatic heterocycles. The number of methoxy groups -OCH3 is 1. The summed E-state index contributed by atoms with van der Waals surface area (Å²) < 4.78 is 5.50. The average Bonchev–Trinajstić information content (AvgIpc) is 3.49. The lowest BCUT2D eigenvalue weighted by Gasteiger charge is -2.36. The molecule has 3 aliphatic rings. The van der Waals surface area contributed by atoms with Gasteiger partial charge in [0.2, 0.25) is 11.8 Å². The first-order chi connectivity index (χ1) is 13.2. The van der Waals surface area contributed by atoms with Crippen LogP contribution >= 0.6 is 11.8 Å². The van der Waals surface area contributed by atoms with E-state index in [4.69, 9.17) is 4.74 Å². The highest BCUT2D eigenvalue weighted by atomic mass is 32.2. The lowest BCUT2D eigenvalue weighted by molar-refractivity contribution is -0.134. The highest BCUT2D eigenvalue weighted by molar-refractivity contribution is 8.00. The molecule has 0 spiro atoms. The van der Waals surface area contributed by atoms with Crippen molar-refractivity contribution in [3.8, 4) is 5.75 Å². The summed E-state index contributed by atoms with van der Waals surface area (Å²) in [7, 11) is 1.67. The Bertz CT molecular complexity index is 701. The number of rotatable bonds is 6. The molecule has 146 valence electrons. The molecule has 2 amide bonds. The Kier molecular flexibility index (Phi) is 5.59. The fraction of sp³-hybridized carbons (Fsp3) is 0.600. The van der Waals surface area contributed by atoms with E-state index in [9.17, 15) is 9.59 Å². The third kappa shape index (κ3) is 4.09. The summed E-state index contributed by atoms with van der Waals surface area (Å²) in [6, 6.07) is 7.95. The van der Waals surface area contributed by atoms with Crippen molar-refractivity contribution in [2.75, 3.05) is 52.1 Å². The molecule has 1 aromatic rings. The second-order valence-corrected chi connectivity index (χ2v) is 8.50. The van der Waals surface area contributed by atoms with Crippen molar-refractivity contribution >= 4 is 23.6 Å². The number of amides is 2. The van der Waals surface area contributed by atoms with E-state index in [1.807, 2.05) is 34.1 Å². The molecule has 27 heavy (non-hydrogen) atoms. The third-order valence-corrected chi connectivity index (χ3v) is 6.88. The highest BCUT2D eigenvalue weighted by Gasteiger charge is 2.36. The van der Waals surface area contributed by atoms with Gasteiger partial charge in [0.05, 0.1) is 12.9 Å². The largest absolute Gasteiger partial charge is 0.496 e. The first-order valence-electron chi connectivity index (χ1n) is 9.72. The van der Waals surface area contributed by atoms with E-state index in [0.29, 0.717) is 24.1 Å². The van der Waals surface area contributed by atoms with E-state index in [2.05, 4.69) is 4.90 Å². The maximum atomic E-state index is 12.4. The Morgan fingerprint density at radius 3 is 2.59 bits per heavy atom. The predicted molar refractivity (Wildman–Crippen MR) is 106 cm³/mol. The van der Waals surface area contributed by atoms with Gasteiger partial charge in [-0.1, -0.05) is 18.2 Å². The minimum absolute atomic E-state index is 0.0198. The van der Waals surface area contributed by atoms with Gasteiger partial charge in [0.1, 0.15) is 11.1 Å². The number of piperazine rings is 1. The molecule has 3 fully saturated rings. The van der Waals surface area contributed by atoms with Crippen molar-refractivity contribution < 1.29 is 14.3 Å². The summed E-state index contributed by atoms with van der Waals surface area (Å²) in [4.78, 5) is 31.0. The van der Waals surface area contributed by atoms with Crippen LogP contribution in [0.2, 0.25) is 0 Å². The fourth-order valence-electron chi connectivity index (χ4n) is 3.85. The first-order valence-corrected chi connectivity index (χ1v) is 10.8. The minimum Gasteiger partial charge on any atom is -0.496 e. The number of carbonyl (C=O) groups is 2. The van der Waals surface area contributed by atoms with Gasteiger partial charge in [-0.25, -0.2) is 0 Å². The Morgan fingerprint density at radius 2 is 1.89 bits per heavy atom. The molecule has 2 saturated heterocycles. The number of nitrogens with zero attached hydrogens (tertiary/aromatic N) is 3. The van der Waals surface area contributed by atoms with Crippen molar-refractivity contribution in [3.63, 3.8) is 0 Å². The summed E-state index contributed by atoms with van der Waals surface area (Å²) in [5.74, 6) is 2.20. The normalized spacial score (nSPS) is 23.7. The molecule has 1 atom stereocenters. The van der Waals surface area contributed by atoms with Gasteiger partial charge >= 0.3 is 0 Å². The van der Waals surface area contributed by atoms with Crippen LogP contribution in [0.4, 0.5) is 0 Å². The van der Waals surface area contributed by atoms with Gasteiger partial charge in [0.15, 0.2) is 0 Å². The quantitative estimate of drug-likeness (QED) is 0.743. The Labute approximate surface area is 164 Å². The van der Waals surface area contributed by atoms with Crippen LogP contribution in [0.25, 0.3) is 0 Å². The van der Waals surface area contributed by atoms with Crippen molar-refractivity contribution in [2.24, 2.45) is 5.92 Å². The van der Waals surface area contributed by atoms with Crippen molar-refractivity contribution in [3.05, 3.63) is 29.8 Å². The van der Waals surface area contributed by atoms with E-state index >= 15 is 0 Å². The summed E-state index contributed by atoms with van der Waals surface area (Å²) in [5.41, 5.74) is 1.07. The Morgan fingerprint density at radius 1 is 1.15 bits per heavy atom. The zero-order valence-corrected chi connectivity index (χ0v) is 16.6. The molecule has 1 aromatic carbocycles. The molecule has 6 nitrogen and oxygen atoms in total. The zero-order chi connectivity index (χ0) is 18.8. The lowest BCUT2D eigenvalue weighted by atomic mass is 10.2. The minimum atomic E-state index is 0.0198. The van der Waals surface area contributed by atoms with E-state index in [1.54, 1.807) is 18.9 Å². The summed E-state index contributed by atoms with van der Waals surface area (Å²) in [5, 5.41) is 0.0198. The maximum absolute atomic E-state index is 12.4. The molecule has 1 aliphatic carbocycles. The number of hydrogen-bond acceptors (Lipinski definition) is 5. The van der Waals surface area contributed by atoms with Gasteiger partial charge in [0.25, 0.3) is 0 Å². The number of thioether (sulfide) groups is 1. The smallest absolute Gasteiger partial charge is 0.233 e. The summed E-state index contributed by atoms with van der Waals surface area (Å²) in [6.07, 6.45) is 2.14. The van der Waals surface area contributed by atoms with E-state index < -0.39 is 0 Å². The van der Waals surface area contributed by atoms with Crippen LogP contribution in [0.1, 0.15) is 23.8 Å². The second-order valence-electron chi connectivity index (χ2n) is 7.43. The van der Waals surface area contributed by atoms with Gasteiger partial charge in [0, 0.05) is 50.7 Å². The van der Waals surface area contributed by atoms with Gasteiger partial charge in [-0.2, -0.15) is 0 Å². The maximum Gasteiger partial charge on any atom is 0.233 e. The van der Waals surface area contributed by atoms with Gasteiger partial charge in [-0.15, -0.1) is 11.8 Å². The summed E-state index contributed by atoms with van der Waals surface area (Å²) >= 11 is 1.67. The topological polar surface area (TPSA) is 53.1 Å². The molecular weight excluding hydrogens is 362 g/mol. The van der Waals surface area contributed by atoms with Crippen LogP contribution in [0.5, 0.6) is 5.75 Å². The van der Waals surface area contributed by atoms with E-state index in [-0.39, 0.29) is 11.3 Å². The second kappa shape index (κ2) is 8.10. The molecule has 4 rings (SSSR count). The number of para-hydroxylation sites is 1. The zero-order valence-electron chi connectivity index (χ0n) is 15.8. The average molecular weight is 390 g/mol. The molecule has 0 aromatic heterocycles. The lowest BCUT2D eigenvalue weighted by Crippen LogP contribution is -2.50. The number of benzene rings is 1. The monoisotopic (exact) mass is 389 g/mol. The standard InChI is InChI=1S/C20H27N3O3S/c1-26-17-5-3-2-4-16(17)20-23(18(24)14-27-20)13-10-21-8-11-22(12-9-21)19(25)15-6-7-15/h2-5,15,20H,6-14H2,1H3/t20-/m0/s1. The summed E-state index contributed by atoms with van der Waals surface area (Å²) in [6.45, 7) is 4.98. The first kappa shape index (κ1) is 18.6. The fourth-order valence-corrected chi connectivity index (χ4v) is 5.10. The van der Waals surface area contributed by atoms with Crippen LogP contribution in [-0.4, -0.2) is 78.6 Å². The molecule has 0 bridgehead atoms. The molecule has 0 N–H and O–H groups in total. The van der Waals surface area contributed by atoms with Gasteiger partial charge in [-0.3, -0.25) is 14.5 Å². The van der Waals surface area contributed by atoms with Crippen molar-refractivity contribution in [2.45, 2.75) is 18.2 Å². The third-order valence-electron chi connectivity index (χ3n) is 5.64. The van der Waals surface area contributed by atoms with Crippen LogP contribution < -0.4 is 4.74 Å². The van der Waals surface area contributed by atoms with Crippen LogP contribution in [0.3, 0.4) is 0 Å². The number of ether oxygens (including phenoxy) is 1. The molecule has 2 heterocycles. The molecular formula is C20H27N3O3S. The van der Waals surface area contributed by atoms with Crippen molar-refractivity contribution in [1.29, 1.82) is 0 Å². The molecule has 1 saturated carbocycles. The predicted octanol–water partition coefficient (Wildman–Crippen LogP) is 1.82. The van der Waals surface area contributed by atoms with E-state index in [0.717, 1.165) is 56.9 Å². The Balaban J connectivity index is 1.33. The van der Waals surface area contributed by atoms with Gasteiger partial charge in [-0.05, 0) is 18.9 Å². The molecule has 0 unspecified atom stereocenters.